The Morgan fingerprint density at radius 2 is 2.00 bits per heavy atom. The van der Waals surface area contributed by atoms with Crippen LogP contribution in [0.15, 0.2) is 23.3 Å². The fraction of sp³-hybridized carbons (Fsp3) is 0.706. The maximum atomic E-state index is 11.6. The van der Waals surface area contributed by atoms with Gasteiger partial charge < -0.3 is 5.11 Å². The average molecular weight is 258 g/mol. The van der Waals surface area contributed by atoms with E-state index in [1.807, 2.05) is 0 Å². The molecule has 0 aromatic heterocycles. The Morgan fingerprint density at radius 3 is 2.74 bits per heavy atom. The largest absolute Gasteiger partial charge is 0.478 e. The standard InChI is InChI=1S/C17H22O2/c1-16(2)11-7-6-10-4-3-5-12-8-13(15(18)19)14(9-11)17(10,12)16/h3,5,10-12H,4,6-9H2,1-2H3,(H,18,19)/t10-,11-,12+,17-/m1/s1. The molecule has 4 aliphatic carbocycles. The summed E-state index contributed by atoms with van der Waals surface area (Å²) < 4.78 is 0. The summed E-state index contributed by atoms with van der Waals surface area (Å²) in [6.45, 7) is 4.82. The van der Waals surface area contributed by atoms with Crippen LogP contribution in [0.3, 0.4) is 0 Å². The molecule has 102 valence electrons. The molecule has 4 atom stereocenters. The van der Waals surface area contributed by atoms with Crippen LogP contribution >= 0.6 is 0 Å². The number of hydrogen-bond acceptors (Lipinski definition) is 1. The van der Waals surface area contributed by atoms with E-state index in [9.17, 15) is 9.90 Å². The van der Waals surface area contributed by atoms with Crippen molar-refractivity contribution in [2.45, 2.75) is 46.0 Å². The van der Waals surface area contributed by atoms with Crippen LogP contribution in [0.5, 0.6) is 0 Å². The molecule has 2 bridgehead atoms. The SMILES string of the molecule is CC1(C)[C@@H]2CC[C@H]3CC=C[C@H]4CC(C(=O)O)=C(C2)[C@@]341. The van der Waals surface area contributed by atoms with Gasteiger partial charge in [-0.2, -0.15) is 0 Å². The zero-order valence-corrected chi connectivity index (χ0v) is 11.8. The number of rotatable bonds is 1. The van der Waals surface area contributed by atoms with Crippen LogP contribution in [-0.2, 0) is 4.79 Å². The Kier molecular flexibility index (Phi) is 2.06. The summed E-state index contributed by atoms with van der Waals surface area (Å²) in [5, 5.41) is 9.59. The lowest BCUT2D eigenvalue weighted by atomic mass is 9.47. The number of fused-ring (bicyclic) bond motifs is 1. The van der Waals surface area contributed by atoms with Gasteiger partial charge in [0, 0.05) is 11.0 Å². The zero-order valence-electron chi connectivity index (χ0n) is 11.8. The lowest BCUT2D eigenvalue weighted by Gasteiger charge is -2.56. The van der Waals surface area contributed by atoms with Crippen molar-refractivity contribution in [3.8, 4) is 0 Å². The summed E-state index contributed by atoms with van der Waals surface area (Å²) in [5.74, 6) is 1.17. The summed E-state index contributed by atoms with van der Waals surface area (Å²) in [6.07, 6.45) is 10.2. The molecular weight excluding hydrogens is 236 g/mol. The van der Waals surface area contributed by atoms with E-state index in [-0.39, 0.29) is 10.8 Å². The van der Waals surface area contributed by atoms with Gasteiger partial charge in [0.25, 0.3) is 0 Å². The van der Waals surface area contributed by atoms with Crippen LogP contribution in [0, 0.1) is 28.6 Å². The first-order valence-corrected chi connectivity index (χ1v) is 7.62. The fourth-order valence-corrected chi connectivity index (χ4v) is 6.29. The number of aliphatic carboxylic acids is 1. The van der Waals surface area contributed by atoms with Crippen molar-refractivity contribution >= 4 is 5.97 Å². The van der Waals surface area contributed by atoms with E-state index >= 15 is 0 Å². The maximum Gasteiger partial charge on any atom is 0.331 e. The van der Waals surface area contributed by atoms with Crippen molar-refractivity contribution in [3.63, 3.8) is 0 Å². The van der Waals surface area contributed by atoms with Crippen molar-refractivity contribution in [2.24, 2.45) is 28.6 Å². The molecule has 4 aliphatic rings. The van der Waals surface area contributed by atoms with Gasteiger partial charge in [-0.15, -0.1) is 0 Å². The third-order valence-corrected chi connectivity index (χ3v) is 6.96. The van der Waals surface area contributed by atoms with Crippen LogP contribution in [0.25, 0.3) is 0 Å². The molecule has 0 aromatic rings. The predicted octanol–water partition coefficient (Wildman–Crippen LogP) is 3.79. The Labute approximate surface area is 114 Å². The molecule has 2 heteroatoms. The molecule has 4 rings (SSSR count). The first kappa shape index (κ1) is 11.7. The Balaban J connectivity index is 2.00. The summed E-state index contributed by atoms with van der Waals surface area (Å²) in [7, 11) is 0. The highest BCUT2D eigenvalue weighted by Gasteiger charge is 2.68. The molecular formula is C17H22O2. The predicted molar refractivity (Wildman–Crippen MR) is 73.6 cm³/mol. The first-order chi connectivity index (χ1) is 8.99. The van der Waals surface area contributed by atoms with E-state index in [2.05, 4.69) is 26.0 Å². The molecule has 2 saturated carbocycles. The van der Waals surface area contributed by atoms with Crippen LogP contribution in [0.2, 0.25) is 0 Å². The molecule has 0 amide bonds. The highest BCUT2D eigenvalue weighted by Crippen LogP contribution is 2.76. The minimum absolute atomic E-state index is 0.179. The fourth-order valence-electron chi connectivity index (χ4n) is 6.29. The van der Waals surface area contributed by atoms with Gasteiger partial charge in [-0.3, -0.25) is 0 Å². The first-order valence-electron chi connectivity index (χ1n) is 7.62. The van der Waals surface area contributed by atoms with E-state index < -0.39 is 5.97 Å². The molecule has 0 heterocycles. The zero-order chi connectivity index (χ0) is 13.4. The van der Waals surface area contributed by atoms with E-state index in [0.29, 0.717) is 17.8 Å². The minimum atomic E-state index is -0.658. The normalized spacial score (nSPS) is 45.5. The molecule has 1 spiro atoms. The van der Waals surface area contributed by atoms with Gasteiger partial charge in [0.2, 0.25) is 0 Å². The second kappa shape index (κ2) is 3.34. The minimum Gasteiger partial charge on any atom is -0.478 e. The van der Waals surface area contributed by atoms with E-state index in [0.717, 1.165) is 24.8 Å². The van der Waals surface area contributed by atoms with Crippen LogP contribution in [0.1, 0.15) is 46.0 Å². The van der Waals surface area contributed by atoms with Crippen molar-refractivity contribution in [2.75, 3.05) is 0 Å². The molecule has 2 fully saturated rings. The molecule has 19 heavy (non-hydrogen) atoms. The lowest BCUT2D eigenvalue weighted by molar-refractivity contribution is -0.132. The van der Waals surface area contributed by atoms with Crippen molar-refractivity contribution in [1.82, 2.24) is 0 Å². The Bertz CT molecular complexity index is 525. The van der Waals surface area contributed by atoms with Crippen LogP contribution < -0.4 is 0 Å². The Morgan fingerprint density at radius 1 is 1.26 bits per heavy atom. The van der Waals surface area contributed by atoms with Gasteiger partial charge in [-0.1, -0.05) is 31.6 Å². The second-order valence-electron chi connectivity index (χ2n) is 7.50. The average Bonchev–Trinajstić information content (AvgIpc) is 2.69. The Hall–Kier alpha value is -1.05. The molecule has 0 aliphatic heterocycles. The van der Waals surface area contributed by atoms with Crippen molar-refractivity contribution in [1.29, 1.82) is 0 Å². The summed E-state index contributed by atoms with van der Waals surface area (Å²) in [5.41, 5.74) is 2.56. The van der Waals surface area contributed by atoms with Gasteiger partial charge in [-0.25, -0.2) is 4.79 Å². The van der Waals surface area contributed by atoms with Crippen molar-refractivity contribution in [3.05, 3.63) is 23.3 Å². The number of carboxylic acid groups (broad SMARTS) is 1. The number of carbonyl (C=O) groups is 1. The summed E-state index contributed by atoms with van der Waals surface area (Å²) in [4.78, 5) is 11.6. The molecule has 2 nitrogen and oxygen atoms in total. The van der Waals surface area contributed by atoms with Crippen molar-refractivity contribution < 1.29 is 9.90 Å². The van der Waals surface area contributed by atoms with Crippen LogP contribution in [0.4, 0.5) is 0 Å². The van der Waals surface area contributed by atoms with E-state index in [4.69, 9.17) is 0 Å². The quantitative estimate of drug-likeness (QED) is 0.726. The lowest BCUT2D eigenvalue weighted by Crippen LogP contribution is -2.50. The molecule has 0 aromatic carbocycles. The smallest absolute Gasteiger partial charge is 0.331 e. The van der Waals surface area contributed by atoms with Gasteiger partial charge in [0.05, 0.1) is 0 Å². The third kappa shape index (κ3) is 1.09. The highest BCUT2D eigenvalue weighted by atomic mass is 16.4. The third-order valence-electron chi connectivity index (χ3n) is 6.96. The maximum absolute atomic E-state index is 11.6. The summed E-state index contributed by atoms with van der Waals surface area (Å²) >= 11 is 0. The highest BCUT2D eigenvalue weighted by molar-refractivity contribution is 5.89. The second-order valence-corrected chi connectivity index (χ2v) is 7.50. The molecule has 0 radical (unpaired) electrons. The number of hydrogen-bond donors (Lipinski definition) is 1. The topological polar surface area (TPSA) is 37.3 Å². The molecule has 0 unspecified atom stereocenters. The van der Waals surface area contributed by atoms with Gasteiger partial charge in [-0.05, 0) is 55.3 Å². The van der Waals surface area contributed by atoms with Gasteiger partial charge >= 0.3 is 5.97 Å². The summed E-state index contributed by atoms with van der Waals surface area (Å²) in [6, 6.07) is 0. The van der Waals surface area contributed by atoms with Gasteiger partial charge in [0.15, 0.2) is 0 Å². The molecule has 1 N–H and O–H groups in total. The number of allylic oxidation sites excluding steroid dienone is 3. The van der Waals surface area contributed by atoms with E-state index in [1.165, 1.54) is 18.4 Å². The van der Waals surface area contributed by atoms with Gasteiger partial charge in [0.1, 0.15) is 0 Å². The monoisotopic (exact) mass is 258 g/mol. The molecule has 0 saturated heterocycles. The number of carboxylic acids is 1. The van der Waals surface area contributed by atoms with E-state index in [1.54, 1.807) is 0 Å². The van der Waals surface area contributed by atoms with Crippen LogP contribution in [-0.4, -0.2) is 11.1 Å².